The average Bonchev–Trinajstić information content (AvgIpc) is 2.62. The highest BCUT2D eigenvalue weighted by Gasteiger charge is 2.36. The number of para-hydroxylation sites is 1. The summed E-state index contributed by atoms with van der Waals surface area (Å²) in [6.07, 6.45) is 6.72. The number of allylic oxidation sites excluding steroid dienone is 2. The number of nitrogens with one attached hydrogen (secondary N) is 1. The summed E-state index contributed by atoms with van der Waals surface area (Å²) in [5, 5.41) is 13.9. The van der Waals surface area contributed by atoms with Crippen LogP contribution in [0.25, 0.3) is 5.57 Å². The van der Waals surface area contributed by atoms with Gasteiger partial charge in [0.05, 0.1) is 5.94 Å². The summed E-state index contributed by atoms with van der Waals surface area (Å²) >= 11 is 0. The molecule has 1 aromatic carbocycles. The summed E-state index contributed by atoms with van der Waals surface area (Å²) in [6.45, 7) is 10.2. The predicted octanol–water partition coefficient (Wildman–Crippen LogP) is 3.66. The minimum atomic E-state index is -0.876. The summed E-state index contributed by atoms with van der Waals surface area (Å²) in [5.41, 5.74) is 4.04. The molecule has 0 saturated heterocycles. The molecule has 0 unspecified atom stereocenters. The molecule has 0 aromatic heterocycles. The summed E-state index contributed by atoms with van der Waals surface area (Å²) in [6, 6.07) is 6.80. The first kappa shape index (κ1) is 20.0. The van der Waals surface area contributed by atoms with Gasteiger partial charge in [0.15, 0.2) is 0 Å². The summed E-state index contributed by atoms with van der Waals surface area (Å²) < 4.78 is 5.85. The van der Waals surface area contributed by atoms with Crippen molar-refractivity contribution < 1.29 is 9.68 Å². The fourth-order valence-electron chi connectivity index (χ4n) is 4.42. The van der Waals surface area contributed by atoms with E-state index in [0.29, 0.717) is 5.92 Å². The molecule has 1 saturated carbocycles. The molecular weight excluding hydrogens is 335 g/mol. The third-order valence-corrected chi connectivity index (χ3v) is 6.05. The van der Waals surface area contributed by atoms with Gasteiger partial charge in [-0.3, -0.25) is 0 Å². The van der Waals surface area contributed by atoms with Gasteiger partial charge in [-0.2, -0.15) is 0 Å². The second kappa shape index (κ2) is 8.53. The van der Waals surface area contributed by atoms with Crippen molar-refractivity contribution in [1.82, 2.24) is 10.2 Å². The van der Waals surface area contributed by atoms with Gasteiger partial charge in [-0.25, -0.2) is 0 Å². The Morgan fingerprint density at radius 1 is 1.26 bits per heavy atom. The van der Waals surface area contributed by atoms with Crippen LogP contribution in [0.15, 0.2) is 37.1 Å². The van der Waals surface area contributed by atoms with Gasteiger partial charge in [-0.1, -0.05) is 31.4 Å². The van der Waals surface area contributed by atoms with Gasteiger partial charge in [0, 0.05) is 17.3 Å². The molecule has 2 N–H and O–H groups in total. The van der Waals surface area contributed by atoms with Crippen LogP contribution in [-0.4, -0.2) is 43.1 Å². The Labute approximate surface area is 164 Å². The van der Waals surface area contributed by atoms with E-state index in [1.165, 1.54) is 25.7 Å². The Bertz CT molecular complexity index is 696. The molecule has 1 atom stereocenters. The number of fused-ring (bicyclic) bond motifs is 1. The lowest BCUT2D eigenvalue weighted by Crippen LogP contribution is -2.51. The highest BCUT2D eigenvalue weighted by molar-refractivity contribution is 6.46. The highest BCUT2D eigenvalue weighted by Crippen LogP contribution is 2.34. The molecule has 1 aromatic rings. The van der Waals surface area contributed by atoms with Crippen molar-refractivity contribution in [2.75, 3.05) is 14.1 Å². The molecule has 1 heterocycles. The van der Waals surface area contributed by atoms with E-state index >= 15 is 0 Å². The van der Waals surface area contributed by atoms with Crippen LogP contribution < -0.4 is 9.97 Å². The zero-order valence-corrected chi connectivity index (χ0v) is 17.0. The minimum absolute atomic E-state index is 0.163. The van der Waals surface area contributed by atoms with Gasteiger partial charge < -0.3 is 19.9 Å². The quantitative estimate of drug-likeness (QED) is 0.753. The topological polar surface area (TPSA) is 44.7 Å². The normalized spacial score (nSPS) is 24.9. The highest BCUT2D eigenvalue weighted by atomic mass is 16.5. The van der Waals surface area contributed by atoms with Crippen molar-refractivity contribution in [1.29, 1.82) is 0 Å². The van der Waals surface area contributed by atoms with E-state index < -0.39 is 7.12 Å². The molecule has 27 heavy (non-hydrogen) atoms. The number of rotatable bonds is 6. The van der Waals surface area contributed by atoms with Crippen LogP contribution in [0.1, 0.15) is 50.2 Å². The first-order chi connectivity index (χ1) is 12.8. The number of benzene rings is 1. The Hall–Kier alpha value is -1.72. The van der Waals surface area contributed by atoms with E-state index in [1.54, 1.807) is 0 Å². The van der Waals surface area contributed by atoms with Crippen molar-refractivity contribution >= 4 is 12.7 Å². The summed E-state index contributed by atoms with van der Waals surface area (Å²) in [7, 11) is 3.47. The zero-order chi connectivity index (χ0) is 19.6. The van der Waals surface area contributed by atoms with Crippen molar-refractivity contribution in [2.24, 2.45) is 5.92 Å². The summed E-state index contributed by atoms with van der Waals surface area (Å²) in [4.78, 5) is 2.34. The first-order valence-corrected chi connectivity index (χ1v) is 10.1. The Balaban J connectivity index is 1.56. The Morgan fingerprint density at radius 2 is 1.96 bits per heavy atom. The molecule has 1 aliphatic carbocycles. The van der Waals surface area contributed by atoms with Crippen molar-refractivity contribution in [3.8, 4) is 5.75 Å². The maximum Gasteiger partial charge on any atom is 0.546 e. The second-order valence-electron chi connectivity index (χ2n) is 8.48. The van der Waals surface area contributed by atoms with Crippen LogP contribution >= 0.6 is 0 Å². The van der Waals surface area contributed by atoms with Crippen LogP contribution in [0.4, 0.5) is 0 Å². The van der Waals surface area contributed by atoms with Gasteiger partial charge in [0.1, 0.15) is 5.75 Å². The number of nitrogens with zero attached hydrogens (tertiary/aromatic N) is 1. The van der Waals surface area contributed by atoms with E-state index in [1.807, 2.05) is 19.1 Å². The van der Waals surface area contributed by atoms with E-state index in [9.17, 15) is 5.02 Å². The van der Waals surface area contributed by atoms with Crippen LogP contribution in [0.2, 0.25) is 0 Å². The third-order valence-electron chi connectivity index (χ3n) is 6.05. The zero-order valence-electron chi connectivity index (χ0n) is 17.0. The molecule has 0 radical (unpaired) electrons. The molecule has 3 rings (SSSR count). The number of hydrogen-bond acceptors (Lipinski definition) is 4. The van der Waals surface area contributed by atoms with Crippen LogP contribution in [-0.2, 0) is 6.42 Å². The first-order valence-electron chi connectivity index (χ1n) is 10.1. The molecule has 0 amide bonds. The molecule has 146 valence electrons. The van der Waals surface area contributed by atoms with E-state index in [-0.39, 0.29) is 5.94 Å². The lowest BCUT2D eigenvalue weighted by Gasteiger charge is -2.34. The van der Waals surface area contributed by atoms with E-state index in [4.69, 9.17) is 4.65 Å². The van der Waals surface area contributed by atoms with Crippen molar-refractivity contribution in [3.63, 3.8) is 0 Å². The maximum atomic E-state index is 10.5. The molecule has 1 fully saturated rings. The van der Waals surface area contributed by atoms with Crippen LogP contribution in [0.3, 0.4) is 0 Å². The van der Waals surface area contributed by atoms with Gasteiger partial charge in [0.25, 0.3) is 0 Å². The van der Waals surface area contributed by atoms with Gasteiger partial charge in [-0.05, 0) is 76.6 Å². The second-order valence-corrected chi connectivity index (χ2v) is 8.48. The maximum absolute atomic E-state index is 10.5. The van der Waals surface area contributed by atoms with E-state index in [2.05, 4.69) is 43.5 Å². The van der Waals surface area contributed by atoms with Crippen LogP contribution in [0, 0.1) is 5.92 Å². The number of hydrogen-bond donors (Lipinski definition) is 2. The van der Waals surface area contributed by atoms with Gasteiger partial charge >= 0.3 is 7.12 Å². The molecule has 0 spiro atoms. The van der Waals surface area contributed by atoms with Gasteiger partial charge in [0.2, 0.25) is 0 Å². The molecule has 2 aliphatic rings. The fourth-order valence-corrected chi connectivity index (χ4v) is 4.42. The largest absolute Gasteiger partial charge is 0.546 e. The SMILES string of the molecule is C=C(CC1CCC(N(C)C)CC1)N[C@H]1Cc2cccc(C(=C)C)c2OB1O. The molecule has 5 heteroatoms. The predicted molar refractivity (Wildman–Crippen MR) is 114 cm³/mol. The molecule has 0 bridgehead atoms. The fraction of sp³-hybridized carbons (Fsp3) is 0.545. The van der Waals surface area contributed by atoms with E-state index in [0.717, 1.165) is 47.0 Å². The standard InChI is InChI=1S/C22H33BN2O2/c1-15(2)20-8-6-7-18-14-21(23(26)27-22(18)20)24-16(3)13-17-9-11-19(12-10-17)25(4)5/h6-8,17,19,21,24,26H,1,3,9-14H2,2,4-5H3/t17?,19?,21-/m0/s1. The van der Waals surface area contributed by atoms with Crippen molar-refractivity contribution in [2.45, 2.75) is 57.4 Å². The average molecular weight is 368 g/mol. The Morgan fingerprint density at radius 3 is 2.59 bits per heavy atom. The van der Waals surface area contributed by atoms with Crippen LogP contribution in [0.5, 0.6) is 5.75 Å². The Kier molecular flexibility index (Phi) is 6.33. The molecule has 1 aliphatic heterocycles. The molecule has 4 nitrogen and oxygen atoms in total. The minimum Gasteiger partial charge on any atom is -0.534 e. The van der Waals surface area contributed by atoms with Gasteiger partial charge in [-0.15, -0.1) is 0 Å². The lowest BCUT2D eigenvalue weighted by molar-refractivity contribution is 0.192. The lowest BCUT2D eigenvalue weighted by atomic mass is 9.71. The van der Waals surface area contributed by atoms with Crippen molar-refractivity contribution in [3.05, 3.63) is 48.2 Å². The summed E-state index contributed by atoms with van der Waals surface area (Å²) in [5.74, 6) is 1.29. The molecular formula is C22H33BN2O2. The smallest absolute Gasteiger partial charge is 0.534 e. The third kappa shape index (κ3) is 4.77. The monoisotopic (exact) mass is 368 g/mol.